The van der Waals surface area contributed by atoms with Gasteiger partial charge < -0.3 is 11.1 Å². The summed E-state index contributed by atoms with van der Waals surface area (Å²) in [6, 6.07) is 0.195. The third-order valence-electron chi connectivity index (χ3n) is 4.59. The minimum atomic E-state index is 0.112. The van der Waals surface area contributed by atoms with Crippen molar-refractivity contribution in [1.82, 2.24) is 10.2 Å². The van der Waals surface area contributed by atoms with E-state index >= 15 is 0 Å². The first-order valence-electron chi connectivity index (χ1n) is 9.92. The molecule has 1 fully saturated rings. The molecule has 0 aromatic rings. The Hall–Kier alpha value is -1.59. The predicted molar refractivity (Wildman–Crippen MR) is 102 cm³/mol. The molecule has 0 spiro atoms. The molecule has 0 atom stereocenters. The molecule has 1 rings (SSSR count). The normalized spacial score (nSPS) is 14.6. The highest BCUT2D eigenvalue weighted by Gasteiger charge is 2.24. The van der Waals surface area contributed by atoms with Crippen LogP contribution in [-0.2, 0) is 9.59 Å². The summed E-state index contributed by atoms with van der Waals surface area (Å²) in [5.41, 5.74) is 6.05. The van der Waals surface area contributed by atoms with Gasteiger partial charge in [-0.2, -0.15) is 0 Å². The number of unbranched alkanes of at least 4 members (excludes halogenated alkanes) is 2. The van der Waals surface area contributed by atoms with Gasteiger partial charge in [-0.25, -0.2) is 4.99 Å². The van der Waals surface area contributed by atoms with Crippen molar-refractivity contribution in [3.63, 3.8) is 0 Å². The Bertz CT molecular complexity index is 414. The van der Waals surface area contributed by atoms with Crippen LogP contribution < -0.4 is 11.1 Å². The quantitative estimate of drug-likeness (QED) is 0.218. The molecule has 0 bridgehead atoms. The number of hydrogen-bond acceptors (Lipinski definition) is 3. The minimum Gasteiger partial charge on any atom is -0.369 e. The van der Waals surface area contributed by atoms with Crippen LogP contribution in [0, 0.1) is 5.92 Å². The van der Waals surface area contributed by atoms with Crippen molar-refractivity contribution < 1.29 is 9.59 Å². The topological polar surface area (TPSA) is 87.8 Å². The monoisotopic (exact) mass is 352 g/mol. The summed E-state index contributed by atoms with van der Waals surface area (Å²) in [4.78, 5) is 29.0. The van der Waals surface area contributed by atoms with Crippen molar-refractivity contribution in [2.24, 2.45) is 16.6 Å². The third-order valence-corrected chi connectivity index (χ3v) is 4.59. The van der Waals surface area contributed by atoms with Gasteiger partial charge in [0, 0.05) is 19.5 Å². The maximum Gasteiger partial charge on any atom is 0.220 e. The summed E-state index contributed by atoms with van der Waals surface area (Å²) in [7, 11) is 0. The van der Waals surface area contributed by atoms with Gasteiger partial charge in [0.15, 0.2) is 5.96 Å². The molecule has 6 nitrogen and oxygen atoms in total. The Morgan fingerprint density at radius 2 is 1.88 bits per heavy atom. The van der Waals surface area contributed by atoms with Crippen LogP contribution in [0.1, 0.15) is 78.1 Å². The van der Waals surface area contributed by atoms with Gasteiger partial charge >= 0.3 is 0 Å². The number of carbonyl (C=O) groups is 2. The predicted octanol–water partition coefficient (Wildman–Crippen LogP) is 2.81. The number of hydrogen-bond donors (Lipinski definition) is 2. The van der Waals surface area contributed by atoms with Crippen molar-refractivity contribution >= 4 is 18.3 Å². The van der Waals surface area contributed by atoms with E-state index in [4.69, 9.17) is 5.73 Å². The summed E-state index contributed by atoms with van der Waals surface area (Å²) in [5, 5.41) is 2.91. The Labute approximate surface area is 152 Å². The van der Waals surface area contributed by atoms with Crippen molar-refractivity contribution in [3.8, 4) is 0 Å². The van der Waals surface area contributed by atoms with Crippen molar-refractivity contribution in [1.29, 1.82) is 0 Å². The lowest BCUT2D eigenvalue weighted by atomic mass is 10.0. The maximum absolute atomic E-state index is 11.6. The number of aliphatic imine (C=N–C) groups is 1. The van der Waals surface area contributed by atoms with E-state index < -0.39 is 0 Å². The van der Waals surface area contributed by atoms with Gasteiger partial charge in [-0.3, -0.25) is 14.5 Å². The lowest BCUT2D eigenvalue weighted by molar-refractivity contribution is -0.121. The molecular formula is C19H36N4O2. The third kappa shape index (κ3) is 10.1. The van der Waals surface area contributed by atoms with Crippen LogP contribution >= 0.6 is 0 Å². The van der Waals surface area contributed by atoms with E-state index in [9.17, 15) is 9.59 Å². The molecule has 0 saturated heterocycles. The van der Waals surface area contributed by atoms with E-state index in [1.165, 1.54) is 17.7 Å². The van der Waals surface area contributed by atoms with E-state index in [1.54, 1.807) is 0 Å². The highest BCUT2D eigenvalue weighted by atomic mass is 16.1. The zero-order valence-electron chi connectivity index (χ0n) is 16.0. The fraction of sp³-hybridized carbons (Fsp3) is 0.842. The van der Waals surface area contributed by atoms with Crippen LogP contribution in [0.5, 0.6) is 0 Å². The lowest BCUT2D eigenvalue weighted by Gasteiger charge is -2.19. The highest BCUT2D eigenvalue weighted by Crippen LogP contribution is 2.31. The maximum atomic E-state index is 11.6. The average Bonchev–Trinajstić information content (AvgIpc) is 3.41. The molecule has 0 unspecified atom stereocenters. The number of nitrogens with two attached hydrogens (primary N) is 1. The smallest absolute Gasteiger partial charge is 0.220 e. The summed E-state index contributed by atoms with van der Waals surface area (Å²) in [6.07, 6.45) is 11.0. The Kier molecular flexibility index (Phi) is 10.9. The average molecular weight is 353 g/mol. The summed E-state index contributed by atoms with van der Waals surface area (Å²) >= 11 is 0. The van der Waals surface area contributed by atoms with Crippen LogP contribution in [-0.4, -0.2) is 42.3 Å². The van der Waals surface area contributed by atoms with Gasteiger partial charge in [-0.1, -0.05) is 39.5 Å². The van der Waals surface area contributed by atoms with Gasteiger partial charge in [-0.05, 0) is 38.0 Å². The second-order valence-corrected chi connectivity index (χ2v) is 7.08. The van der Waals surface area contributed by atoms with E-state index in [1.807, 2.05) is 0 Å². The number of amides is 2. The summed E-state index contributed by atoms with van der Waals surface area (Å²) in [5.74, 6) is 1.01. The van der Waals surface area contributed by atoms with Gasteiger partial charge in [0.2, 0.25) is 12.3 Å². The van der Waals surface area contributed by atoms with Gasteiger partial charge in [0.1, 0.15) is 0 Å². The van der Waals surface area contributed by atoms with Crippen molar-refractivity contribution in [3.05, 3.63) is 0 Å². The summed E-state index contributed by atoms with van der Waals surface area (Å²) in [6.45, 7) is 5.38. The zero-order valence-corrected chi connectivity index (χ0v) is 16.0. The number of nitrogens with zero attached hydrogens (tertiary/aromatic N) is 2. The molecule has 1 saturated carbocycles. The molecule has 2 amide bonds. The molecule has 0 aromatic carbocycles. The standard InChI is InChI=1S/C19H36N4O2/c1-3-5-8-17(9-6-4-2)22-19(20)23(15-24)13-7-12-21-18(25)14-16-10-11-16/h15-17H,3-14H2,1-2H3,(H2,20,22)(H,21,25). The van der Waals surface area contributed by atoms with E-state index in [2.05, 4.69) is 24.2 Å². The molecule has 1 aliphatic rings. The molecule has 1 aliphatic carbocycles. The van der Waals surface area contributed by atoms with E-state index in [0.717, 1.165) is 44.9 Å². The first-order valence-corrected chi connectivity index (χ1v) is 9.92. The largest absolute Gasteiger partial charge is 0.369 e. The number of nitrogens with one attached hydrogen (secondary N) is 1. The molecule has 25 heavy (non-hydrogen) atoms. The SMILES string of the molecule is CCCCC(CCCC)N=C(N)N(C=O)CCCNC(=O)CC1CC1. The van der Waals surface area contributed by atoms with Crippen molar-refractivity contribution in [2.75, 3.05) is 13.1 Å². The fourth-order valence-electron chi connectivity index (χ4n) is 2.77. The Morgan fingerprint density at radius 3 is 2.40 bits per heavy atom. The summed E-state index contributed by atoms with van der Waals surface area (Å²) < 4.78 is 0. The first-order chi connectivity index (χ1) is 12.1. The van der Waals surface area contributed by atoms with Crippen LogP contribution in [0.2, 0.25) is 0 Å². The Morgan fingerprint density at radius 1 is 1.24 bits per heavy atom. The second-order valence-electron chi connectivity index (χ2n) is 7.08. The molecule has 6 heteroatoms. The van der Waals surface area contributed by atoms with Crippen LogP contribution in [0.15, 0.2) is 4.99 Å². The molecular weight excluding hydrogens is 316 g/mol. The molecule has 0 radical (unpaired) electrons. The van der Waals surface area contributed by atoms with Gasteiger partial charge in [0.05, 0.1) is 6.04 Å². The van der Waals surface area contributed by atoms with E-state index in [-0.39, 0.29) is 11.9 Å². The highest BCUT2D eigenvalue weighted by molar-refractivity contribution is 5.87. The lowest BCUT2D eigenvalue weighted by Crippen LogP contribution is -2.39. The van der Waals surface area contributed by atoms with E-state index in [0.29, 0.717) is 37.8 Å². The molecule has 0 aliphatic heterocycles. The minimum absolute atomic E-state index is 0.112. The zero-order chi connectivity index (χ0) is 18.5. The molecule has 0 heterocycles. The second kappa shape index (κ2) is 12.7. The van der Waals surface area contributed by atoms with Gasteiger partial charge in [-0.15, -0.1) is 0 Å². The first kappa shape index (κ1) is 21.5. The van der Waals surface area contributed by atoms with Gasteiger partial charge in [0.25, 0.3) is 0 Å². The fourth-order valence-corrected chi connectivity index (χ4v) is 2.77. The molecule has 3 N–H and O–H groups in total. The number of rotatable bonds is 14. The molecule has 0 aromatic heterocycles. The number of guanidine groups is 1. The van der Waals surface area contributed by atoms with Crippen LogP contribution in [0.3, 0.4) is 0 Å². The van der Waals surface area contributed by atoms with Crippen LogP contribution in [0.25, 0.3) is 0 Å². The van der Waals surface area contributed by atoms with Crippen molar-refractivity contribution in [2.45, 2.75) is 84.1 Å². The van der Waals surface area contributed by atoms with Crippen LogP contribution in [0.4, 0.5) is 0 Å². The Balaban J connectivity index is 2.36. The molecule has 144 valence electrons. The number of carbonyl (C=O) groups excluding carboxylic acids is 2.